The number of carbonyl (C=O) groups excluding carboxylic acids is 3. The molecule has 36 heavy (non-hydrogen) atoms. The summed E-state index contributed by atoms with van der Waals surface area (Å²) in [6, 6.07) is 13.0. The van der Waals surface area contributed by atoms with Crippen molar-refractivity contribution in [1.29, 1.82) is 0 Å². The molecule has 2 aromatic carbocycles. The van der Waals surface area contributed by atoms with Crippen molar-refractivity contribution < 1.29 is 14.4 Å². The van der Waals surface area contributed by atoms with Gasteiger partial charge in [0.05, 0.1) is 22.3 Å². The van der Waals surface area contributed by atoms with E-state index < -0.39 is 6.04 Å². The molecule has 0 radical (unpaired) electrons. The van der Waals surface area contributed by atoms with Gasteiger partial charge in [-0.2, -0.15) is 0 Å². The number of nitrogens with zero attached hydrogens (tertiary/aromatic N) is 3. The number of thiazole rings is 1. The molecule has 6 nitrogen and oxygen atoms in total. The lowest BCUT2D eigenvalue weighted by molar-refractivity contribution is -0.142. The van der Waals surface area contributed by atoms with Crippen LogP contribution >= 0.6 is 11.3 Å². The van der Waals surface area contributed by atoms with E-state index in [-0.39, 0.29) is 35.6 Å². The number of aryl methyl sites for hydroxylation is 1. The van der Waals surface area contributed by atoms with Crippen molar-refractivity contribution in [2.24, 2.45) is 5.41 Å². The zero-order valence-electron chi connectivity index (χ0n) is 21.4. The molecule has 1 atom stereocenters. The molecule has 1 aliphatic heterocycles. The van der Waals surface area contributed by atoms with Crippen LogP contribution in [0.15, 0.2) is 42.5 Å². The van der Waals surface area contributed by atoms with Gasteiger partial charge in [0.15, 0.2) is 0 Å². The Kier molecular flexibility index (Phi) is 6.45. The van der Waals surface area contributed by atoms with Gasteiger partial charge in [-0.15, -0.1) is 11.3 Å². The molecule has 1 aliphatic carbocycles. The topological polar surface area (TPSA) is 70.6 Å². The average Bonchev–Trinajstić information content (AvgIpc) is 3.53. The Hall–Kier alpha value is -3.06. The van der Waals surface area contributed by atoms with Gasteiger partial charge < -0.3 is 4.90 Å². The average molecular weight is 504 g/mol. The first-order chi connectivity index (χ1) is 17.1. The van der Waals surface area contributed by atoms with Crippen molar-refractivity contribution in [2.45, 2.75) is 78.3 Å². The van der Waals surface area contributed by atoms with Crippen molar-refractivity contribution in [2.75, 3.05) is 4.90 Å². The summed E-state index contributed by atoms with van der Waals surface area (Å²) >= 11 is 1.63. The lowest BCUT2D eigenvalue weighted by atomic mass is 9.90. The fraction of sp³-hybridized carbons (Fsp3) is 0.448. The zero-order valence-corrected chi connectivity index (χ0v) is 22.2. The molecular weight excluding hydrogens is 470 g/mol. The third kappa shape index (κ3) is 4.81. The maximum atomic E-state index is 13.6. The first-order valence-corrected chi connectivity index (χ1v) is 13.6. The number of anilines is 1. The molecule has 3 amide bonds. The maximum absolute atomic E-state index is 13.6. The minimum atomic E-state index is -0.720. The number of hydrogen-bond donors (Lipinski definition) is 0. The Morgan fingerprint density at radius 3 is 2.44 bits per heavy atom. The minimum Gasteiger partial charge on any atom is -0.327 e. The number of hydrogen-bond acceptors (Lipinski definition) is 5. The van der Waals surface area contributed by atoms with Crippen LogP contribution < -0.4 is 4.90 Å². The maximum Gasteiger partial charge on any atom is 0.257 e. The predicted molar refractivity (Wildman–Crippen MR) is 144 cm³/mol. The van der Waals surface area contributed by atoms with E-state index >= 15 is 0 Å². The Bertz CT molecular complexity index is 1320. The molecule has 2 heterocycles. The van der Waals surface area contributed by atoms with Crippen molar-refractivity contribution in [1.82, 2.24) is 9.88 Å². The standard InChI is InChI=1S/C29H33N3O3S/c1-18-9-14-22-24(15-18)36-27(30-22)19-10-12-21(13-11-19)32-25(33)16-23(28(32)35)31(20-7-5-6-8-20)26(34)17-29(2,3)4/h9-15,20,23H,5-8,16-17H2,1-4H3. The number of amides is 3. The monoisotopic (exact) mass is 503 g/mol. The summed E-state index contributed by atoms with van der Waals surface area (Å²) in [5.74, 6) is -0.569. The number of aromatic nitrogens is 1. The highest BCUT2D eigenvalue weighted by atomic mass is 32.1. The highest BCUT2D eigenvalue weighted by molar-refractivity contribution is 7.21. The third-order valence-electron chi connectivity index (χ3n) is 7.06. The van der Waals surface area contributed by atoms with Gasteiger partial charge >= 0.3 is 0 Å². The normalized spacial score (nSPS) is 19.0. The van der Waals surface area contributed by atoms with E-state index in [0.717, 1.165) is 46.5 Å². The molecule has 1 unspecified atom stereocenters. The Labute approximate surface area is 216 Å². The summed E-state index contributed by atoms with van der Waals surface area (Å²) in [6.07, 6.45) is 4.29. The number of rotatable bonds is 5. The molecule has 5 rings (SSSR count). The molecule has 1 saturated carbocycles. The molecule has 7 heteroatoms. The molecule has 188 valence electrons. The summed E-state index contributed by atoms with van der Waals surface area (Å²) < 4.78 is 1.13. The molecule has 0 bridgehead atoms. The molecule has 2 fully saturated rings. The van der Waals surface area contributed by atoms with Crippen LogP contribution in [-0.2, 0) is 14.4 Å². The Balaban J connectivity index is 1.39. The second kappa shape index (κ2) is 9.43. The molecule has 0 spiro atoms. The van der Waals surface area contributed by atoms with Gasteiger partial charge in [-0.05, 0) is 67.1 Å². The summed E-state index contributed by atoms with van der Waals surface area (Å²) in [5, 5.41) is 0.902. The molecule has 1 aromatic heterocycles. The lowest BCUT2D eigenvalue weighted by Crippen LogP contribution is -2.50. The van der Waals surface area contributed by atoms with Crippen LogP contribution in [0.1, 0.15) is 64.9 Å². The van der Waals surface area contributed by atoms with Crippen LogP contribution in [0.5, 0.6) is 0 Å². The minimum absolute atomic E-state index is 0.0242. The van der Waals surface area contributed by atoms with Crippen molar-refractivity contribution in [3.8, 4) is 10.6 Å². The molecule has 1 saturated heterocycles. The van der Waals surface area contributed by atoms with Crippen LogP contribution in [-0.4, -0.2) is 39.7 Å². The SMILES string of the molecule is Cc1ccc2nc(-c3ccc(N4C(=O)CC(N(C(=O)CC(C)(C)C)C5CCCC5)C4=O)cc3)sc2c1. The summed E-state index contributed by atoms with van der Waals surface area (Å²) in [6.45, 7) is 8.15. The fourth-order valence-electron chi connectivity index (χ4n) is 5.37. The highest BCUT2D eigenvalue weighted by Gasteiger charge is 2.47. The van der Waals surface area contributed by atoms with Gasteiger partial charge in [-0.1, -0.05) is 39.7 Å². The fourth-order valence-corrected chi connectivity index (χ4v) is 6.44. The molecular formula is C29H33N3O3S. The lowest BCUT2D eigenvalue weighted by Gasteiger charge is -2.35. The first kappa shape index (κ1) is 24.6. The van der Waals surface area contributed by atoms with Crippen molar-refractivity contribution in [3.05, 3.63) is 48.0 Å². The van der Waals surface area contributed by atoms with Gasteiger partial charge in [-0.3, -0.25) is 14.4 Å². The van der Waals surface area contributed by atoms with Crippen LogP contribution in [0.3, 0.4) is 0 Å². The molecule has 3 aromatic rings. The van der Waals surface area contributed by atoms with Crippen LogP contribution in [0.25, 0.3) is 20.8 Å². The van der Waals surface area contributed by atoms with E-state index in [1.165, 1.54) is 10.5 Å². The van der Waals surface area contributed by atoms with Crippen LogP contribution in [0, 0.1) is 12.3 Å². The van der Waals surface area contributed by atoms with Gasteiger partial charge in [0.1, 0.15) is 11.0 Å². The number of imide groups is 1. The van der Waals surface area contributed by atoms with Gasteiger partial charge in [0.2, 0.25) is 11.8 Å². The number of fused-ring (bicyclic) bond motifs is 1. The molecule has 0 N–H and O–H groups in total. The third-order valence-corrected chi connectivity index (χ3v) is 8.13. The predicted octanol–water partition coefficient (Wildman–Crippen LogP) is 6.11. The largest absolute Gasteiger partial charge is 0.327 e. The molecule has 2 aliphatic rings. The van der Waals surface area contributed by atoms with E-state index in [2.05, 4.69) is 19.1 Å². The van der Waals surface area contributed by atoms with E-state index in [4.69, 9.17) is 4.98 Å². The van der Waals surface area contributed by atoms with Crippen LogP contribution in [0.4, 0.5) is 5.69 Å². The number of benzene rings is 2. The first-order valence-electron chi connectivity index (χ1n) is 12.8. The van der Waals surface area contributed by atoms with Gasteiger partial charge in [0.25, 0.3) is 5.91 Å². The summed E-state index contributed by atoms with van der Waals surface area (Å²) in [7, 11) is 0. The van der Waals surface area contributed by atoms with E-state index in [1.807, 2.05) is 51.1 Å². The Morgan fingerprint density at radius 2 is 1.78 bits per heavy atom. The van der Waals surface area contributed by atoms with E-state index in [1.54, 1.807) is 16.2 Å². The summed E-state index contributed by atoms with van der Waals surface area (Å²) in [4.78, 5) is 47.8. The second-order valence-electron chi connectivity index (χ2n) is 11.3. The van der Waals surface area contributed by atoms with Crippen molar-refractivity contribution in [3.63, 3.8) is 0 Å². The summed E-state index contributed by atoms with van der Waals surface area (Å²) in [5.41, 5.74) is 3.46. The smallest absolute Gasteiger partial charge is 0.257 e. The van der Waals surface area contributed by atoms with E-state index in [9.17, 15) is 14.4 Å². The van der Waals surface area contributed by atoms with Gasteiger partial charge in [0, 0.05) is 18.0 Å². The Morgan fingerprint density at radius 1 is 1.08 bits per heavy atom. The quantitative estimate of drug-likeness (QED) is 0.394. The van der Waals surface area contributed by atoms with Crippen LogP contribution in [0.2, 0.25) is 0 Å². The number of carbonyl (C=O) groups is 3. The van der Waals surface area contributed by atoms with E-state index in [0.29, 0.717) is 12.1 Å². The zero-order chi connectivity index (χ0) is 25.6. The van der Waals surface area contributed by atoms with Gasteiger partial charge in [-0.25, -0.2) is 9.88 Å². The second-order valence-corrected chi connectivity index (χ2v) is 12.3. The van der Waals surface area contributed by atoms with Crippen molar-refractivity contribution >= 4 is 45.0 Å². The highest BCUT2D eigenvalue weighted by Crippen LogP contribution is 2.35.